The van der Waals surface area contributed by atoms with Gasteiger partial charge in [-0.15, -0.1) is 0 Å². The van der Waals surface area contributed by atoms with Crippen molar-refractivity contribution in [2.24, 2.45) is 0 Å². The van der Waals surface area contributed by atoms with E-state index in [2.05, 4.69) is 5.32 Å². The summed E-state index contributed by atoms with van der Waals surface area (Å²) in [7, 11) is 1.59. The van der Waals surface area contributed by atoms with E-state index in [0.717, 1.165) is 5.56 Å². The number of rotatable bonds is 6. The number of hydrogen-bond donors (Lipinski definition) is 2. The molecule has 0 heterocycles. The fourth-order valence-corrected chi connectivity index (χ4v) is 1.84. The molecule has 1 aromatic carbocycles. The van der Waals surface area contributed by atoms with E-state index in [4.69, 9.17) is 14.6 Å². The molecule has 6 heteroatoms. The van der Waals surface area contributed by atoms with Crippen LogP contribution in [0.3, 0.4) is 0 Å². The molecular weight excluding hydrogens is 286 g/mol. The highest BCUT2D eigenvalue weighted by molar-refractivity contribution is 5.84. The van der Waals surface area contributed by atoms with Crippen LogP contribution in [0.4, 0.5) is 0 Å². The lowest BCUT2D eigenvalue weighted by atomic mass is 9.86. The number of amides is 1. The largest absolute Gasteiger partial charge is 0.497 e. The molecule has 0 saturated heterocycles. The molecule has 0 fully saturated rings. The van der Waals surface area contributed by atoms with E-state index in [1.165, 1.54) is 6.92 Å². The van der Waals surface area contributed by atoms with Crippen LogP contribution in [0.5, 0.6) is 11.5 Å². The molecule has 0 aromatic heterocycles. The maximum absolute atomic E-state index is 11.7. The van der Waals surface area contributed by atoms with Gasteiger partial charge < -0.3 is 19.9 Å². The molecule has 122 valence electrons. The van der Waals surface area contributed by atoms with E-state index in [9.17, 15) is 9.59 Å². The molecule has 1 amide bonds. The Morgan fingerprint density at radius 2 is 1.95 bits per heavy atom. The normalized spacial score (nSPS) is 12.4. The number of ether oxygens (including phenoxy) is 2. The molecule has 0 bridgehead atoms. The highest BCUT2D eigenvalue weighted by Crippen LogP contribution is 2.34. The van der Waals surface area contributed by atoms with Crippen LogP contribution in [0.25, 0.3) is 0 Å². The SMILES string of the molecule is COc1ccc(OCC(=O)N[C@H](C)C(=O)O)c(C(C)(C)C)c1. The summed E-state index contributed by atoms with van der Waals surface area (Å²) in [6, 6.07) is 4.41. The van der Waals surface area contributed by atoms with Gasteiger partial charge in [-0.2, -0.15) is 0 Å². The maximum atomic E-state index is 11.7. The molecule has 0 aliphatic carbocycles. The third-order valence-electron chi connectivity index (χ3n) is 3.10. The summed E-state index contributed by atoms with van der Waals surface area (Å²) < 4.78 is 10.8. The molecule has 22 heavy (non-hydrogen) atoms. The van der Waals surface area contributed by atoms with Crippen LogP contribution in [-0.2, 0) is 15.0 Å². The van der Waals surface area contributed by atoms with Crippen molar-refractivity contribution in [3.63, 3.8) is 0 Å². The Morgan fingerprint density at radius 1 is 1.32 bits per heavy atom. The highest BCUT2D eigenvalue weighted by atomic mass is 16.5. The van der Waals surface area contributed by atoms with E-state index in [1.807, 2.05) is 26.8 Å². The molecule has 0 unspecified atom stereocenters. The third-order valence-corrected chi connectivity index (χ3v) is 3.10. The van der Waals surface area contributed by atoms with Crippen molar-refractivity contribution < 1.29 is 24.2 Å². The second-order valence-corrected chi connectivity index (χ2v) is 6.03. The van der Waals surface area contributed by atoms with Crippen LogP contribution in [0.2, 0.25) is 0 Å². The van der Waals surface area contributed by atoms with Gasteiger partial charge in [0.1, 0.15) is 17.5 Å². The van der Waals surface area contributed by atoms with E-state index in [1.54, 1.807) is 19.2 Å². The molecule has 0 radical (unpaired) electrons. The summed E-state index contributed by atoms with van der Waals surface area (Å²) >= 11 is 0. The standard InChI is InChI=1S/C16H23NO5/c1-10(15(19)20)17-14(18)9-22-13-7-6-11(21-5)8-12(13)16(2,3)4/h6-8,10H,9H2,1-5H3,(H,17,18)(H,19,20)/t10-/m1/s1. The maximum Gasteiger partial charge on any atom is 0.325 e. The van der Waals surface area contributed by atoms with Gasteiger partial charge in [-0.05, 0) is 30.5 Å². The van der Waals surface area contributed by atoms with Crippen LogP contribution in [0, 0.1) is 0 Å². The van der Waals surface area contributed by atoms with Crippen molar-refractivity contribution in [2.75, 3.05) is 13.7 Å². The topological polar surface area (TPSA) is 84.9 Å². The Morgan fingerprint density at radius 3 is 2.45 bits per heavy atom. The molecule has 1 atom stereocenters. The number of aliphatic carboxylic acids is 1. The molecule has 0 spiro atoms. The minimum Gasteiger partial charge on any atom is -0.497 e. The average Bonchev–Trinajstić information content (AvgIpc) is 2.43. The molecule has 2 N–H and O–H groups in total. The fourth-order valence-electron chi connectivity index (χ4n) is 1.84. The lowest BCUT2D eigenvalue weighted by molar-refractivity contribution is -0.141. The van der Waals surface area contributed by atoms with Crippen molar-refractivity contribution in [2.45, 2.75) is 39.2 Å². The van der Waals surface area contributed by atoms with Gasteiger partial charge in [0.15, 0.2) is 6.61 Å². The third kappa shape index (κ3) is 4.95. The predicted molar refractivity (Wildman–Crippen MR) is 82.4 cm³/mol. The quantitative estimate of drug-likeness (QED) is 0.839. The van der Waals surface area contributed by atoms with Crippen molar-refractivity contribution in [3.05, 3.63) is 23.8 Å². The number of carbonyl (C=O) groups excluding carboxylic acids is 1. The van der Waals surface area contributed by atoms with Gasteiger partial charge in [-0.25, -0.2) is 0 Å². The van der Waals surface area contributed by atoms with Gasteiger partial charge >= 0.3 is 5.97 Å². The zero-order chi connectivity index (χ0) is 16.9. The first kappa shape index (κ1) is 17.8. The Bertz CT molecular complexity index is 548. The number of benzene rings is 1. The zero-order valence-electron chi connectivity index (χ0n) is 13.6. The first-order chi connectivity index (χ1) is 10.1. The van der Waals surface area contributed by atoms with Gasteiger partial charge in [0.05, 0.1) is 7.11 Å². The lowest BCUT2D eigenvalue weighted by Gasteiger charge is -2.23. The van der Waals surface area contributed by atoms with Crippen LogP contribution >= 0.6 is 0 Å². The van der Waals surface area contributed by atoms with E-state index >= 15 is 0 Å². The summed E-state index contributed by atoms with van der Waals surface area (Å²) in [6.07, 6.45) is 0. The van der Waals surface area contributed by atoms with Crippen LogP contribution < -0.4 is 14.8 Å². The number of methoxy groups -OCH3 is 1. The molecule has 0 aliphatic heterocycles. The van der Waals surface area contributed by atoms with E-state index in [-0.39, 0.29) is 12.0 Å². The molecule has 1 rings (SSSR count). The predicted octanol–water partition coefficient (Wildman–Crippen LogP) is 1.96. The first-order valence-corrected chi connectivity index (χ1v) is 6.98. The van der Waals surface area contributed by atoms with Gasteiger partial charge in [0, 0.05) is 5.56 Å². The summed E-state index contributed by atoms with van der Waals surface area (Å²) in [5.74, 6) is -0.286. The van der Waals surface area contributed by atoms with Gasteiger partial charge in [0.2, 0.25) is 0 Å². The lowest BCUT2D eigenvalue weighted by Crippen LogP contribution is -2.40. The van der Waals surface area contributed by atoms with Gasteiger partial charge in [-0.1, -0.05) is 20.8 Å². The van der Waals surface area contributed by atoms with Crippen molar-refractivity contribution in [1.82, 2.24) is 5.32 Å². The second-order valence-electron chi connectivity index (χ2n) is 6.03. The van der Waals surface area contributed by atoms with Crippen LogP contribution in [-0.4, -0.2) is 36.7 Å². The molecule has 6 nitrogen and oxygen atoms in total. The van der Waals surface area contributed by atoms with Gasteiger partial charge in [0.25, 0.3) is 5.91 Å². The number of carboxylic acid groups (broad SMARTS) is 1. The molecule has 0 aliphatic rings. The first-order valence-electron chi connectivity index (χ1n) is 6.98. The van der Waals surface area contributed by atoms with Gasteiger partial charge in [-0.3, -0.25) is 9.59 Å². The molecule has 1 aromatic rings. The molecular formula is C16H23NO5. The Labute approximate surface area is 130 Å². The average molecular weight is 309 g/mol. The van der Waals surface area contributed by atoms with Crippen molar-refractivity contribution in [3.8, 4) is 11.5 Å². The van der Waals surface area contributed by atoms with Crippen molar-refractivity contribution >= 4 is 11.9 Å². The zero-order valence-corrected chi connectivity index (χ0v) is 13.6. The number of hydrogen-bond acceptors (Lipinski definition) is 4. The number of carbonyl (C=O) groups is 2. The monoisotopic (exact) mass is 309 g/mol. The minimum absolute atomic E-state index is 0.186. The highest BCUT2D eigenvalue weighted by Gasteiger charge is 2.21. The minimum atomic E-state index is -1.09. The fraction of sp³-hybridized carbons (Fsp3) is 0.500. The summed E-state index contributed by atoms with van der Waals surface area (Å²) in [4.78, 5) is 22.4. The van der Waals surface area contributed by atoms with Crippen LogP contribution in [0.15, 0.2) is 18.2 Å². The number of nitrogens with one attached hydrogen (secondary N) is 1. The summed E-state index contributed by atoms with van der Waals surface area (Å²) in [5, 5.41) is 11.1. The smallest absolute Gasteiger partial charge is 0.325 e. The second kappa shape index (κ2) is 7.15. The summed E-state index contributed by atoms with van der Waals surface area (Å²) in [5.41, 5.74) is 0.722. The number of carboxylic acids is 1. The van der Waals surface area contributed by atoms with Crippen molar-refractivity contribution in [1.29, 1.82) is 0 Å². The Balaban J connectivity index is 2.81. The van der Waals surface area contributed by atoms with E-state index < -0.39 is 17.9 Å². The summed E-state index contributed by atoms with van der Waals surface area (Å²) in [6.45, 7) is 7.24. The van der Waals surface area contributed by atoms with Crippen LogP contribution in [0.1, 0.15) is 33.3 Å². The Hall–Kier alpha value is -2.24. The molecule has 0 saturated carbocycles. The van der Waals surface area contributed by atoms with E-state index in [0.29, 0.717) is 11.5 Å². The Kier molecular flexibility index (Phi) is 5.79.